The van der Waals surface area contributed by atoms with E-state index >= 15 is 0 Å². The minimum atomic E-state index is -0.268. The standard InChI is InChI=1S/C14H22ClN3O2/c1-10-9-20-11(7-15)8-17(10)12-13(19)18(6-5-16-12)14(2,3)4/h5-6,10-11H,7-9H2,1-4H3. The minimum Gasteiger partial charge on any atom is -0.373 e. The number of alkyl halides is 1. The molecular formula is C14H22ClN3O2. The summed E-state index contributed by atoms with van der Waals surface area (Å²) in [6.07, 6.45) is 3.35. The molecule has 2 unspecified atom stereocenters. The zero-order valence-electron chi connectivity index (χ0n) is 12.5. The molecule has 6 heteroatoms. The zero-order chi connectivity index (χ0) is 14.9. The van der Waals surface area contributed by atoms with Crippen molar-refractivity contribution >= 4 is 17.4 Å². The van der Waals surface area contributed by atoms with Crippen LogP contribution in [-0.2, 0) is 10.3 Å². The number of halogens is 1. The number of hydrogen-bond acceptors (Lipinski definition) is 4. The summed E-state index contributed by atoms with van der Waals surface area (Å²) in [6.45, 7) is 9.19. The van der Waals surface area contributed by atoms with E-state index in [0.29, 0.717) is 24.8 Å². The van der Waals surface area contributed by atoms with Crippen LogP contribution in [0.5, 0.6) is 0 Å². The predicted octanol–water partition coefficient (Wildman–Crippen LogP) is 1.83. The molecular weight excluding hydrogens is 278 g/mol. The van der Waals surface area contributed by atoms with Gasteiger partial charge in [-0.2, -0.15) is 0 Å². The van der Waals surface area contributed by atoms with Crippen LogP contribution in [0.15, 0.2) is 17.2 Å². The highest BCUT2D eigenvalue weighted by molar-refractivity contribution is 6.18. The molecule has 0 bridgehead atoms. The van der Waals surface area contributed by atoms with E-state index < -0.39 is 0 Å². The lowest BCUT2D eigenvalue weighted by Gasteiger charge is -2.38. The first-order chi connectivity index (χ1) is 9.34. The van der Waals surface area contributed by atoms with E-state index in [9.17, 15) is 4.79 Å². The third kappa shape index (κ3) is 2.99. The predicted molar refractivity (Wildman–Crippen MR) is 80.8 cm³/mol. The summed E-state index contributed by atoms with van der Waals surface area (Å²) in [7, 11) is 0. The smallest absolute Gasteiger partial charge is 0.293 e. The summed E-state index contributed by atoms with van der Waals surface area (Å²) >= 11 is 5.87. The minimum absolute atomic E-state index is 0.0580. The van der Waals surface area contributed by atoms with Crippen molar-refractivity contribution in [2.24, 2.45) is 0 Å². The molecule has 0 saturated carbocycles. The molecule has 112 valence electrons. The molecule has 0 amide bonds. The normalized spacial score (nSPS) is 23.9. The molecule has 2 atom stereocenters. The zero-order valence-corrected chi connectivity index (χ0v) is 13.2. The highest BCUT2D eigenvalue weighted by Crippen LogP contribution is 2.18. The molecule has 0 N–H and O–H groups in total. The van der Waals surface area contributed by atoms with E-state index in [1.54, 1.807) is 17.0 Å². The van der Waals surface area contributed by atoms with Gasteiger partial charge in [0, 0.05) is 24.5 Å². The van der Waals surface area contributed by atoms with E-state index in [-0.39, 0.29) is 23.2 Å². The molecule has 1 fully saturated rings. The van der Waals surface area contributed by atoms with E-state index in [1.165, 1.54) is 0 Å². The first-order valence-corrected chi connectivity index (χ1v) is 7.40. The Balaban J connectivity index is 2.39. The maximum absolute atomic E-state index is 12.6. The Labute approximate surface area is 124 Å². The Morgan fingerprint density at radius 1 is 1.50 bits per heavy atom. The molecule has 0 spiro atoms. The topological polar surface area (TPSA) is 47.4 Å². The van der Waals surface area contributed by atoms with Crippen LogP contribution in [0, 0.1) is 0 Å². The van der Waals surface area contributed by atoms with Gasteiger partial charge in [0.15, 0.2) is 5.82 Å². The lowest BCUT2D eigenvalue weighted by molar-refractivity contribution is 0.0359. The number of ether oxygens (including phenoxy) is 1. The van der Waals surface area contributed by atoms with Gasteiger partial charge < -0.3 is 14.2 Å². The maximum Gasteiger partial charge on any atom is 0.293 e. The molecule has 0 aromatic carbocycles. The lowest BCUT2D eigenvalue weighted by atomic mass is 10.1. The Morgan fingerprint density at radius 3 is 2.80 bits per heavy atom. The van der Waals surface area contributed by atoms with Crippen molar-refractivity contribution in [2.75, 3.05) is 23.9 Å². The van der Waals surface area contributed by atoms with E-state index in [2.05, 4.69) is 4.98 Å². The molecule has 1 aromatic rings. The summed E-state index contributed by atoms with van der Waals surface area (Å²) < 4.78 is 7.33. The molecule has 20 heavy (non-hydrogen) atoms. The van der Waals surface area contributed by atoms with Crippen LogP contribution in [0.1, 0.15) is 27.7 Å². The lowest BCUT2D eigenvalue weighted by Crippen LogP contribution is -2.52. The van der Waals surface area contributed by atoms with Gasteiger partial charge in [-0.3, -0.25) is 4.79 Å². The van der Waals surface area contributed by atoms with Gasteiger partial charge in [-0.25, -0.2) is 4.98 Å². The summed E-state index contributed by atoms with van der Waals surface area (Å²) in [5.41, 5.74) is -0.335. The van der Waals surface area contributed by atoms with Crippen LogP contribution in [0.2, 0.25) is 0 Å². The largest absolute Gasteiger partial charge is 0.373 e. The van der Waals surface area contributed by atoms with Crippen molar-refractivity contribution in [3.63, 3.8) is 0 Å². The highest BCUT2D eigenvalue weighted by atomic mass is 35.5. The van der Waals surface area contributed by atoms with Crippen LogP contribution >= 0.6 is 11.6 Å². The van der Waals surface area contributed by atoms with Gasteiger partial charge in [-0.15, -0.1) is 11.6 Å². The van der Waals surface area contributed by atoms with E-state index in [0.717, 1.165) is 0 Å². The van der Waals surface area contributed by atoms with E-state index in [1.807, 2.05) is 32.6 Å². The number of rotatable bonds is 2. The van der Waals surface area contributed by atoms with Crippen LogP contribution < -0.4 is 10.5 Å². The van der Waals surface area contributed by atoms with Gasteiger partial charge in [0.25, 0.3) is 5.56 Å². The van der Waals surface area contributed by atoms with Gasteiger partial charge in [-0.1, -0.05) is 0 Å². The molecule has 1 aromatic heterocycles. The first-order valence-electron chi connectivity index (χ1n) is 6.87. The van der Waals surface area contributed by atoms with Crippen molar-refractivity contribution in [3.8, 4) is 0 Å². The molecule has 2 heterocycles. The van der Waals surface area contributed by atoms with Crippen LogP contribution in [0.4, 0.5) is 5.82 Å². The number of aromatic nitrogens is 2. The van der Waals surface area contributed by atoms with Crippen molar-refractivity contribution in [3.05, 3.63) is 22.7 Å². The Morgan fingerprint density at radius 2 is 2.20 bits per heavy atom. The number of anilines is 1. The maximum atomic E-state index is 12.6. The monoisotopic (exact) mass is 299 g/mol. The third-order valence-corrected chi connectivity index (χ3v) is 3.84. The van der Waals surface area contributed by atoms with Gasteiger partial charge in [0.1, 0.15) is 0 Å². The average molecular weight is 300 g/mol. The molecule has 2 rings (SSSR count). The molecule has 0 aliphatic carbocycles. The molecule has 1 saturated heterocycles. The van der Waals surface area contributed by atoms with Crippen molar-refractivity contribution in [2.45, 2.75) is 45.4 Å². The molecule has 0 radical (unpaired) electrons. The number of hydrogen-bond donors (Lipinski definition) is 0. The number of nitrogens with zero attached hydrogens (tertiary/aromatic N) is 3. The Kier molecular flexibility index (Phi) is 4.39. The van der Waals surface area contributed by atoms with Gasteiger partial charge in [0.05, 0.1) is 24.6 Å². The fourth-order valence-electron chi connectivity index (χ4n) is 2.33. The second kappa shape index (κ2) is 5.74. The fourth-order valence-corrected chi connectivity index (χ4v) is 2.52. The molecule has 1 aliphatic heterocycles. The van der Waals surface area contributed by atoms with Gasteiger partial charge >= 0.3 is 0 Å². The van der Waals surface area contributed by atoms with Crippen LogP contribution in [-0.4, -0.2) is 40.7 Å². The quantitative estimate of drug-likeness (QED) is 0.782. The summed E-state index contributed by atoms with van der Waals surface area (Å²) in [5, 5.41) is 0. The third-order valence-electron chi connectivity index (χ3n) is 3.50. The fraction of sp³-hybridized carbons (Fsp3) is 0.714. The number of morpholine rings is 1. The van der Waals surface area contributed by atoms with Gasteiger partial charge in [0.2, 0.25) is 0 Å². The van der Waals surface area contributed by atoms with E-state index in [4.69, 9.17) is 16.3 Å². The van der Waals surface area contributed by atoms with Gasteiger partial charge in [-0.05, 0) is 27.7 Å². The van der Waals surface area contributed by atoms with Crippen LogP contribution in [0.25, 0.3) is 0 Å². The average Bonchev–Trinajstić information content (AvgIpc) is 2.38. The molecule has 5 nitrogen and oxygen atoms in total. The first kappa shape index (κ1) is 15.3. The Bertz CT molecular complexity index is 524. The summed E-state index contributed by atoms with van der Waals surface area (Å²) in [4.78, 5) is 18.9. The summed E-state index contributed by atoms with van der Waals surface area (Å²) in [5.74, 6) is 0.900. The molecule has 1 aliphatic rings. The highest BCUT2D eigenvalue weighted by Gasteiger charge is 2.29. The van der Waals surface area contributed by atoms with Crippen LogP contribution in [0.3, 0.4) is 0 Å². The second-order valence-corrected chi connectivity index (χ2v) is 6.52. The second-order valence-electron chi connectivity index (χ2n) is 6.21. The summed E-state index contributed by atoms with van der Waals surface area (Å²) in [6, 6.07) is 0.116. The van der Waals surface area contributed by atoms with Crippen molar-refractivity contribution in [1.29, 1.82) is 0 Å². The van der Waals surface area contributed by atoms with Crippen molar-refractivity contribution in [1.82, 2.24) is 9.55 Å². The van der Waals surface area contributed by atoms with Crippen molar-refractivity contribution < 1.29 is 4.74 Å². The Hall–Kier alpha value is -1.07. The SMILES string of the molecule is CC1COC(CCl)CN1c1nccn(C(C)(C)C)c1=O.